The quantitative estimate of drug-likeness (QED) is 0.668. The van der Waals surface area contributed by atoms with Crippen molar-refractivity contribution in [1.29, 1.82) is 0 Å². The van der Waals surface area contributed by atoms with Crippen LogP contribution in [0.15, 0.2) is 28.8 Å². The van der Waals surface area contributed by atoms with Crippen LogP contribution in [0.2, 0.25) is 0 Å². The summed E-state index contributed by atoms with van der Waals surface area (Å²) in [6.07, 6.45) is -1.05. The molecule has 0 spiro atoms. The van der Waals surface area contributed by atoms with Crippen molar-refractivity contribution < 1.29 is 23.6 Å². The summed E-state index contributed by atoms with van der Waals surface area (Å²) >= 11 is 0. The van der Waals surface area contributed by atoms with Gasteiger partial charge in [0.15, 0.2) is 11.9 Å². The normalized spacial score (nSPS) is 11.7. The molecule has 0 bridgehead atoms. The van der Waals surface area contributed by atoms with Gasteiger partial charge in [-0.25, -0.2) is 4.79 Å². The zero-order chi connectivity index (χ0) is 17.9. The molecule has 7 heteroatoms. The lowest BCUT2D eigenvalue weighted by atomic mass is 10.1. The van der Waals surface area contributed by atoms with Gasteiger partial charge in [-0.05, 0) is 39.8 Å². The molecule has 0 aliphatic carbocycles. The molecule has 2 rings (SSSR count). The van der Waals surface area contributed by atoms with Gasteiger partial charge in [0.2, 0.25) is 0 Å². The molecule has 1 amide bonds. The molecule has 0 unspecified atom stereocenters. The van der Waals surface area contributed by atoms with Crippen LogP contribution in [0.1, 0.15) is 46.0 Å². The average Bonchev–Trinajstić information content (AvgIpc) is 2.86. The number of nitrogens with one attached hydrogen (secondary N) is 1. The Morgan fingerprint density at radius 2 is 1.88 bits per heavy atom. The third-order valence-corrected chi connectivity index (χ3v) is 3.45. The van der Waals surface area contributed by atoms with E-state index in [0.717, 1.165) is 0 Å². The number of aryl methyl sites for hydroxylation is 2. The molecule has 1 N–H and O–H groups in total. The number of esters is 1. The third-order valence-electron chi connectivity index (χ3n) is 3.45. The van der Waals surface area contributed by atoms with E-state index in [1.807, 2.05) is 0 Å². The van der Waals surface area contributed by atoms with Crippen molar-refractivity contribution in [2.45, 2.75) is 33.8 Å². The molecule has 0 aliphatic rings. The number of carbonyl (C=O) groups is 3. The van der Waals surface area contributed by atoms with Gasteiger partial charge in [-0.15, -0.1) is 0 Å². The minimum atomic E-state index is -1.05. The van der Waals surface area contributed by atoms with Crippen molar-refractivity contribution >= 4 is 23.3 Å². The van der Waals surface area contributed by atoms with Crippen LogP contribution in [0.3, 0.4) is 0 Å². The van der Waals surface area contributed by atoms with Crippen molar-refractivity contribution in [3.05, 3.63) is 46.8 Å². The van der Waals surface area contributed by atoms with Crippen LogP contribution in [0.4, 0.5) is 5.69 Å². The highest BCUT2D eigenvalue weighted by Gasteiger charge is 2.24. The maximum Gasteiger partial charge on any atom is 0.344 e. The van der Waals surface area contributed by atoms with Gasteiger partial charge < -0.3 is 14.6 Å². The number of benzene rings is 1. The Bertz CT molecular complexity index is 775. The number of aromatic nitrogens is 1. The highest BCUT2D eigenvalue weighted by Crippen LogP contribution is 2.17. The molecule has 1 aromatic heterocycles. The number of rotatable bonds is 5. The molecule has 1 heterocycles. The fraction of sp³-hybridized carbons (Fsp3) is 0.294. The Labute approximate surface area is 139 Å². The Morgan fingerprint density at radius 1 is 1.21 bits per heavy atom. The van der Waals surface area contributed by atoms with Gasteiger partial charge in [0.25, 0.3) is 5.91 Å². The maximum atomic E-state index is 12.2. The van der Waals surface area contributed by atoms with Gasteiger partial charge >= 0.3 is 5.97 Å². The summed E-state index contributed by atoms with van der Waals surface area (Å²) in [5, 5.41) is 6.27. The zero-order valence-electron chi connectivity index (χ0n) is 13.9. The number of amides is 1. The smallest absolute Gasteiger partial charge is 0.344 e. The second kappa shape index (κ2) is 7.08. The van der Waals surface area contributed by atoms with Crippen molar-refractivity contribution in [1.82, 2.24) is 5.16 Å². The van der Waals surface area contributed by atoms with Crippen molar-refractivity contribution in [3.63, 3.8) is 0 Å². The van der Waals surface area contributed by atoms with Gasteiger partial charge in [0.1, 0.15) is 11.3 Å². The minimum Gasteiger partial charge on any atom is -0.449 e. The highest BCUT2D eigenvalue weighted by molar-refractivity contribution is 6.05. The summed E-state index contributed by atoms with van der Waals surface area (Å²) in [7, 11) is 0. The summed E-state index contributed by atoms with van der Waals surface area (Å²) < 4.78 is 10.1. The molecule has 0 aliphatic heterocycles. The number of carbonyl (C=O) groups excluding carboxylic acids is 3. The summed E-state index contributed by atoms with van der Waals surface area (Å²) in [5.74, 6) is -1.07. The largest absolute Gasteiger partial charge is 0.449 e. The molecule has 126 valence electrons. The number of anilines is 1. The minimum absolute atomic E-state index is 0.175. The predicted octanol–water partition coefficient (Wildman–Crippen LogP) is 2.68. The van der Waals surface area contributed by atoms with E-state index in [4.69, 9.17) is 9.26 Å². The number of nitrogens with zero attached hydrogens (tertiary/aromatic N) is 1. The molecule has 0 saturated heterocycles. The molecule has 7 nitrogen and oxygen atoms in total. The van der Waals surface area contributed by atoms with E-state index in [1.165, 1.54) is 13.8 Å². The molecule has 0 radical (unpaired) electrons. The highest BCUT2D eigenvalue weighted by atomic mass is 16.5. The number of hydrogen-bond donors (Lipinski definition) is 1. The molecule has 2 aromatic rings. The summed E-state index contributed by atoms with van der Waals surface area (Å²) in [6.45, 7) is 6.05. The number of Topliss-reactive ketones (excluding diaryl/α,β-unsaturated/α-hetero) is 1. The topological polar surface area (TPSA) is 98.5 Å². The van der Waals surface area contributed by atoms with Crippen LogP contribution in [0, 0.1) is 13.8 Å². The Hall–Kier alpha value is -2.96. The van der Waals surface area contributed by atoms with Crippen LogP contribution in [0.5, 0.6) is 0 Å². The summed E-state index contributed by atoms with van der Waals surface area (Å²) in [4.78, 5) is 35.9. The number of para-hydroxylation sites is 1. The summed E-state index contributed by atoms with van der Waals surface area (Å²) in [5.41, 5.74) is 1.36. The first-order valence-electron chi connectivity index (χ1n) is 7.36. The standard InChI is InChI=1S/C17H18N2O5/c1-9-15(11(3)24-19-9)17(22)23-12(4)16(21)18-14-8-6-5-7-13(14)10(2)20/h5-8,12H,1-4H3,(H,18,21)/t12-/m0/s1. The van der Waals surface area contributed by atoms with Gasteiger partial charge in [-0.2, -0.15) is 0 Å². The Balaban J connectivity index is 2.08. The van der Waals surface area contributed by atoms with Gasteiger partial charge in [0, 0.05) is 5.56 Å². The Morgan fingerprint density at radius 3 is 2.46 bits per heavy atom. The van der Waals surface area contributed by atoms with Crippen LogP contribution in [-0.2, 0) is 9.53 Å². The lowest BCUT2D eigenvalue weighted by Crippen LogP contribution is -2.30. The third kappa shape index (κ3) is 3.68. The zero-order valence-corrected chi connectivity index (χ0v) is 13.9. The second-order valence-corrected chi connectivity index (χ2v) is 5.34. The lowest BCUT2D eigenvalue weighted by Gasteiger charge is -2.14. The molecule has 24 heavy (non-hydrogen) atoms. The number of ether oxygens (including phenoxy) is 1. The monoisotopic (exact) mass is 330 g/mol. The van der Waals surface area contributed by atoms with E-state index >= 15 is 0 Å². The fourth-order valence-electron chi connectivity index (χ4n) is 2.18. The van der Waals surface area contributed by atoms with Crippen LogP contribution >= 0.6 is 0 Å². The predicted molar refractivity (Wildman–Crippen MR) is 85.9 cm³/mol. The molecular weight excluding hydrogens is 312 g/mol. The van der Waals surface area contributed by atoms with Crippen LogP contribution in [0.25, 0.3) is 0 Å². The first-order valence-corrected chi connectivity index (χ1v) is 7.36. The van der Waals surface area contributed by atoms with E-state index in [1.54, 1.807) is 38.1 Å². The molecule has 1 atom stereocenters. The molecular formula is C17H18N2O5. The van der Waals surface area contributed by atoms with Gasteiger partial charge in [-0.1, -0.05) is 17.3 Å². The van der Waals surface area contributed by atoms with Crippen LogP contribution in [-0.4, -0.2) is 28.9 Å². The number of hydrogen-bond acceptors (Lipinski definition) is 6. The van der Waals surface area contributed by atoms with Crippen molar-refractivity contribution in [2.75, 3.05) is 5.32 Å². The SMILES string of the molecule is CC(=O)c1ccccc1NC(=O)[C@H](C)OC(=O)c1c(C)noc1C. The first-order chi connectivity index (χ1) is 11.3. The number of ketones is 1. The van der Waals surface area contributed by atoms with E-state index in [2.05, 4.69) is 10.5 Å². The van der Waals surface area contributed by atoms with Crippen molar-refractivity contribution in [3.8, 4) is 0 Å². The van der Waals surface area contributed by atoms with Crippen molar-refractivity contribution in [2.24, 2.45) is 0 Å². The van der Waals surface area contributed by atoms with E-state index in [0.29, 0.717) is 22.7 Å². The van der Waals surface area contributed by atoms with Gasteiger partial charge in [-0.3, -0.25) is 9.59 Å². The van der Waals surface area contributed by atoms with E-state index in [9.17, 15) is 14.4 Å². The second-order valence-electron chi connectivity index (χ2n) is 5.34. The maximum absolute atomic E-state index is 12.2. The molecule has 1 aromatic carbocycles. The van der Waals surface area contributed by atoms with Crippen LogP contribution < -0.4 is 5.32 Å². The average molecular weight is 330 g/mol. The van der Waals surface area contributed by atoms with Gasteiger partial charge in [0.05, 0.1) is 11.4 Å². The fourth-order valence-corrected chi connectivity index (χ4v) is 2.18. The molecule has 0 fully saturated rings. The van der Waals surface area contributed by atoms with E-state index < -0.39 is 18.0 Å². The lowest BCUT2D eigenvalue weighted by molar-refractivity contribution is -0.123. The first kappa shape index (κ1) is 17.4. The Kier molecular flexibility index (Phi) is 5.13. The molecule has 0 saturated carbocycles. The van der Waals surface area contributed by atoms with E-state index in [-0.39, 0.29) is 11.3 Å². The summed E-state index contributed by atoms with van der Waals surface area (Å²) in [6, 6.07) is 6.62.